The molecule has 1 aromatic carbocycles. The van der Waals surface area contributed by atoms with Crippen molar-refractivity contribution in [1.29, 1.82) is 0 Å². The Morgan fingerprint density at radius 3 is 2.53 bits per heavy atom. The number of hydrogen-bond acceptors (Lipinski definition) is 5. The fourth-order valence-corrected chi connectivity index (χ4v) is 1.19. The molecule has 1 aromatic rings. The molecule has 0 radical (unpaired) electrons. The summed E-state index contributed by atoms with van der Waals surface area (Å²) in [5, 5.41) is 0. The van der Waals surface area contributed by atoms with Crippen LogP contribution >= 0.6 is 0 Å². The van der Waals surface area contributed by atoms with Crippen molar-refractivity contribution in [3.8, 4) is 11.5 Å². The number of methoxy groups -OCH3 is 1. The minimum Gasteiger partial charge on any atom is -0.481 e. The highest BCUT2D eigenvalue weighted by Gasteiger charge is 2.10. The molecule has 0 heterocycles. The molecule has 0 N–H and O–H groups in total. The number of amides is 1. The van der Waals surface area contributed by atoms with E-state index in [-0.39, 0.29) is 6.61 Å². The Bertz CT molecular complexity index is 470. The van der Waals surface area contributed by atoms with E-state index in [1.165, 1.54) is 12.0 Å². The number of hydrogen-bond donors (Lipinski definition) is 0. The first-order valence-electron chi connectivity index (χ1n) is 5.63. The summed E-state index contributed by atoms with van der Waals surface area (Å²) in [5.74, 6) is 0.341. The van der Waals surface area contributed by atoms with Gasteiger partial charge in [-0.25, -0.2) is 9.59 Å². The van der Waals surface area contributed by atoms with Crippen LogP contribution < -0.4 is 9.47 Å². The van der Waals surface area contributed by atoms with Gasteiger partial charge in [-0.15, -0.1) is 0 Å². The molecule has 0 aliphatic rings. The Hall–Kier alpha value is -2.24. The van der Waals surface area contributed by atoms with Gasteiger partial charge in [0.15, 0.2) is 6.61 Å². The molecule has 0 atom stereocenters. The zero-order valence-electron chi connectivity index (χ0n) is 11.4. The Balaban J connectivity index is 2.76. The Kier molecular flexibility index (Phi) is 5.17. The van der Waals surface area contributed by atoms with Gasteiger partial charge < -0.3 is 19.1 Å². The first kappa shape index (κ1) is 14.8. The summed E-state index contributed by atoms with van der Waals surface area (Å²) in [6, 6.07) is 4.95. The van der Waals surface area contributed by atoms with E-state index in [2.05, 4.69) is 4.74 Å². The molecule has 0 aromatic heterocycles. The lowest BCUT2D eigenvalue weighted by atomic mass is 10.2. The van der Waals surface area contributed by atoms with Crippen LogP contribution in [0.25, 0.3) is 0 Å². The van der Waals surface area contributed by atoms with Crippen LogP contribution in [0.2, 0.25) is 0 Å². The average molecular weight is 267 g/mol. The second kappa shape index (κ2) is 6.63. The Morgan fingerprint density at radius 1 is 1.26 bits per heavy atom. The fraction of sp³-hybridized carbons (Fsp3) is 0.385. The van der Waals surface area contributed by atoms with E-state index >= 15 is 0 Å². The van der Waals surface area contributed by atoms with E-state index in [1.54, 1.807) is 32.3 Å². The van der Waals surface area contributed by atoms with Crippen LogP contribution in [0.5, 0.6) is 11.5 Å². The fourth-order valence-electron chi connectivity index (χ4n) is 1.19. The van der Waals surface area contributed by atoms with Crippen molar-refractivity contribution in [2.24, 2.45) is 0 Å². The maximum Gasteiger partial charge on any atom is 0.414 e. The summed E-state index contributed by atoms with van der Waals surface area (Å²) in [6.07, 6.45) is -0.484. The van der Waals surface area contributed by atoms with Crippen LogP contribution in [-0.2, 0) is 9.53 Å². The van der Waals surface area contributed by atoms with Gasteiger partial charge in [-0.3, -0.25) is 0 Å². The maximum absolute atomic E-state index is 11.4. The van der Waals surface area contributed by atoms with E-state index in [9.17, 15) is 9.59 Å². The minimum absolute atomic E-state index is 0.192. The van der Waals surface area contributed by atoms with Crippen LogP contribution in [0, 0.1) is 6.92 Å². The predicted octanol–water partition coefficient (Wildman–Crippen LogP) is 1.61. The Labute approximate surface area is 111 Å². The largest absolute Gasteiger partial charge is 0.481 e. The molecule has 0 aliphatic carbocycles. The number of rotatable bonds is 4. The van der Waals surface area contributed by atoms with Crippen LogP contribution in [0.3, 0.4) is 0 Å². The van der Waals surface area contributed by atoms with Gasteiger partial charge in [-0.2, -0.15) is 0 Å². The summed E-state index contributed by atoms with van der Waals surface area (Å²) in [6.45, 7) is 1.63. The molecule has 0 unspecified atom stereocenters. The number of esters is 1. The van der Waals surface area contributed by atoms with Crippen molar-refractivity contribution in [3.63, 3.8) is 0 Å². The minimum atomic E-state index is -0.484. The van der Waals surface area contributed by atoms with Crippen molar-refractivity contribution in [2.45, 2.75) is 6.92 Å². The number of carbonyl (C=O) groups is 2. The van der Waals surface area contributed by atoms with Gasteiger partial charge in [0.05, 0.1) is 7.11 Å². The highest BCUT2D eigenvalue weighted by Crippen LogP contribution is 2.24. The molecule has 0 fully saturated rings. The van der Waals surface area contributed by atoms with E-state index in [0.717, 1.165) is 5.56 Å². The van der Waals surface area contributed by atoms with Crippen molar-refractivity contribution in [1.82, 2.24) is 4.90 Å². The molecule has 0 saturated carbocycles. The molecule has 19 heavy (non-hydrogen) atoms. The number of ether oxygens (including phenoxy) is 3. The van der Waals surface area contributed by atoms with Gasteiger partial charge in [0.1, 0.15) is 11.5 Å². The molecule has 0 spiro atoms. The third-order valence-electron chi connectivity index (χ3n) is 2.30. The molecule has 1 amide bonds. The van der Waals surface area contributed by atoms with Crippen LogP contribution in [0.15, 0.2) is 18.2 Å². The molecule has 104 valence electrons. The summed E-state index contributed by atoms with van der Waals surface area (Å²) in [4.78, 5) is 23.7. The second-order valence-electron chi connectivity index (χ2n) is 4.05. The summed E-state index contributed by atoms with van der Waals surface area (Å²) < 4.78 is 14.9. The van der Waals surface area contributed by atoms with Gasteiger partial charge in [0.25, 0.3) is 0 Å². The van der Waals surface area contributed by atoms with Crippen LogP contribution in [0.1, 0.15) is 5.56 Å². The smallest absolute Gasteiger partial charge is 0.414 e. The molecule has 0 aliphatic heterocycles. The van der Waals surface area contributed by atoms with Gasteiger partial charge in [-0.05, 0) is 18.6 Å². The van der Waals surface area contributed by atoms with Crippen molar-refractivity contribution in [2.75, 3.05) is 27.8 Å². The lowest BCUT2D eigenvalue weighted by molar-refractivity contribution is -0.142. The Morgan fingerprint density at radius 2 is 1.95 bits per heavy atom. The van der Waals surface area contributed by atoms with E-state index in [1.807, 2.05) is 6.92 Å². The summed E-state index contributed by atoms with van der Waals surface area (Å²) >= 11 is 0. The standard InChI is InChI=1S/C13H17NO5/c1-9-5-6-10(19-13(16)14(2)3)7-11(9)18-8-12(15)17-4/h5-7H,8H2,1-4H3. The van der Waals surface area contributed by atoms with Crippen LogP contribution in [-0.4, -0.2) is 44.8 Å². The van der Waals surface area contributed by atoms with Gasteiger partial charge in [0.2, 0.25) is 0 Å². The van der Waals surface area contributed by atoms with Gasteiger partial charge in [0, 0.05) is 20.2 Å². The maximum atomic E-state index is 11.4. The molecule has 0 saturated heterocycles. The topological polar surface area (TPSA) is 65.1 Å². The number of carbonyl (C=O) groups excluding carboxylic acids is 2. The highest BCUT2D eigenvalue weighted by molar-refractivity contribution is 5.71. The van der Waals surface area contributed by atoms with Crippen molar-refractivity contribution in [3.05, 3.63) is 23.8 Å². The first-order chi connectivity index (χ1) is 8.93. The predicted molar refractivity (Wildman–Crippen MR) is 68.4 cm³/mol. The van der Waals surface area contributed by atoms with E-state index in [0.29, 0.717) is 11.5 Å². The van der Waals surface area contributed by atoms with E-state index in [4.69, 9.17) is 9.47 Å². The summed E-state index contributed by atoms with van der Waals surface area (Å²) in [5.41, 5.74) is 0.827. The van der Waals surface area contributed by atoms with Crippen molar-refractivity contribution >= 4 is 12.1 Å². The van der Waals surface area contributed by atoms with E-state index < -0.39 is 12.1 Å². The van der Waals surface area contributed by atoms with Gasteiger partial charge >= 0.3 is 12.1 Å². The number of nitrogens with zero attached hydrogens (tertiary/aromatic N) is 1. The zero-order chi connectivity index (χ0) is 14.4. The first-order valence-corrected chi connectivity index (χ1v) is 5.63. The quantitative estimate of drug-likeness (QED) is 0.775. The lowest BCUT2D eigenvalue weighted by Gasteiger charge is -2.13. The van der Waals surface area contributed by atoms with Gasteiger partial charge in [-0.1, -0.05) is 6.07 Å². The molecular formula is C13H17NO5. The molecule has 0 bridgehead atoms. The highest BCUT2D eigenvalue weighted by atomic mass is 16.6. The monoisotopic (exact) mass is 267 g/mol. The third kappa shape index (κ3) is 4.50. The number of aryl methyl sites for hydroxylation is 1. The molecular weight excluding hydrogens is 250 g/mol. The summed E-state index contributed by atoms with van der Waals surface area (Å²) in [7, 11) is 4.46. The zero-order valence-corrected chi connectivity index (χ0v) is 11.4. The lowest BCUT2D eigenvalue weighted by Crippen LogP contribution is -2.25. The van der Waals surface area contributed by atoms with Crippen molar-refractivity contribution < 1.29 is 23.8 Å². The SMILES string of the molecule is COC(=O)COc1cc(OC(=O)N(C)C)ccc1C. The molecule has 1 rings (SSSR count). The number of benzene rings is 1. The second-order valence-corrected chi connectivity index (χ2v) is 4.05. The molecule has 6 nitrogen and oxygen atoms in total. The third-order valence-corrected chi connectivity index (χ3v) is 2.30. The average Bonchev–Trinajstić information content (AvgIpc) is 2.38. The molecule has 6 heteroatoms. The normalized spacial score (nSPS) is 9.68. The van der Waals surface area contributed by atoms with Crippen LogP contribution in [0.4, 0.5) is 4.79 Å².